The third-order valence-electron chi connectivity index (χ3n) is 7.71. The van der Waals surface area contributed by atoms with Crippen LogP contribution in [0, 0.1) is 5.92 Å². The minimum atomic E-state index is -0.284. The molecule has 0 spiro atoms. The van der Waals surface area contributed by atoms with E-state index in [1.165, 1.54) is 0 Å². The molecular formula is C33H33N7O3. The summed E-state index contributed by atoms with van der Waals surface area (Å²) >= 11 is 0. The molecule has 218 valence electrons. The van der Waals surface area contributed by atoms with Crippen LogP contribution < -0.4 is 10.6 Å². The Bertz CT molecular complexity index is 1710. The van der Waals surface area contributed by atoms with Gasteiger partial charge in [-0.15, -0.1) is 0 Å². The van der Waals surface area contributed by atoms with Gasteiger partial charge in [-0.05, 0) is 67.6 Å². The number of carbonyl (C=O) groups excluding carboxylic acids is 2. The molecule has 1 saturated heterocycles. The van der Waals surface area contributed by atoms with Gasteiger partial charge >= 0.3 is 6.09 Å². The molecule has 0 radical (unpaired) electrons. The smallest absolute Gasteiger partial charge is 0.410 e. The van der Waals surface area contributed by atoms with Gasteiger partial charge in [-0.2, -0.15) is 4.98 Å². The molecule has 1 aliphatic rings. The lowest BCUT2D eigenvalue weighted by atomic mass is 9.92. The highest BCUT2D eigenvalue weighted by molar-refractivity contribution is 6.05. The highest BCUT2D eigenvalue weighted by Crippen LogP contribution is 2.24. The monoisotopic (exact) mass is 575 g/mol. The van der Waals surface area contributed by atoms with Crippen LogP contribution in [0.4, 0.5) is 16.4 Å². The van der Waals surface area contributed by atoms with Crippen molar-refractivity contribution < 1.29 is 14.3 Å². The zero-order valence-corrected chi connectivity index (χ0v) is 23.9. The van der Waals surface area contributed by atoms with Gasteiger partial charge in [0.2, 0.25) is 5.95 Å². The molecular weight excluding hydrogens is 542 g/mol. The number of piperidine rings is 1. The SMILES string of the molecule is CC(Nc1nccc(-n2cnc3cc(NC(=O)c4ccccc4)ccc32)n1)C1CCCN(C(=O)OCc2ccccc2)C1. The van der Waals surface area contributed by atoms with Gasteiger partial charge in [0.05, 0.1) is 11.0 Å². The van der Waals surface area contributed by atoms with Gasteiger partial charge in [-0.1, -0.05) is 48.5 Å². The minimum Gasteiger partial charge on any atom is -0.445 e. The van der Waals surface area contributed by atoms with Crippen molar-refractivity contribution >= 4 is 34.7 Å². The van der Waals surface area contributed by atoms with Gasteiger partial charge in [0.25, 0.3) is 5.91 Å². The van der Waals surface area contributed by atoms with Crippen LogP contribution in [0.5, 0.6) is 0 Å². The molecule has 1 aliphatic heterocycles. The molecule has 0 bridgehead atoms. The second-order valence-corrected chi connectivity index (χ2v) is 10.7. The summed E-state index contributed by atoms with van der Waals surface area (Å²) in [7, 11) is 0. The largest absolute Gasteiger partial charge is 0.445 e. The lowest BCUT2D eigenvalue weighted by Gasteiger charge is -2.35. The van der Waals surface area contributed by atoms with E-state index in [2.05, 4.69) is 27.5 Å². The number of benzene rings is 3. The molecule has 3 heterocycles. The summed E-state index contributed by atoms with van der Waals surface area (Å²) in [5, 5.41) is 6.37. The Morgan fingerprint density at radius 2 is 1.79 bits per heavy atom. The van der Waals surface area contributed by atoms with Crippen molar-refractivity contribution in [3.63, 3.8) is 0 Å². The van der Waals surface area contributed by atoms with Crippen LogP contribution in [-0.2, 0) is 11.3 Å². The first-order chi connectivity index (χ1) is 21.0. The highest BCUT2D eigenvalue weighted by Gasteiger charge is 2.28. The lowest BCUT2D eigenvalue weighted by Crippen LogP contribution is -2.45. The summed E-state index contributed by atoms with van der Waals surface area (Å²) in [6.07, 6.45) is 5.04. The molecule has 0 saturated carbocycles. The molecule has 10 nitrogen and oxygen atoms in total. The summed E-state index contributed by atoms with van der Waals surface area (Å²) in [6, 6.07) is 26.3. The zero-order valence-electron chi connectivity index (χ0n) is 23.9. The summed E-state index contributed by atoms with van der Waals surface area (Å²) in [6.45, 7) is 3.66. The average molecular weight is 576 g/mol. The molecule has 2 aromatic heterocycles. The van der Waals surface area contributed by atoms with Crippen LogP contribution in [0.15, 0.2) is 97.5 Å². The van der Waals surface area contributed by atoms with Gasteiger partial charge in [0, 0.05) is 36.6 Å². The summed E-state index contributed by atoms with van der Waals surface area (Å²) in [5.41, 5.74) is 3.81. The second-order valence-electron chi connectivity index (χ2n) is 10.7. The Morgan fingerprint density at radius 1 is 1.00 bits per heavy atom. The molecule has 2 N–H and O–H groups in total. The summed E-state index contributed by atoms with van der Waals surface area (Å²) < 4.78 is 7.45. The molecule has 0 aliphatic carbocycles. The Balaban J connectivity index is 1.09. The Kier molecular flexibility index (Phi) is 8.26. The van der Waals surface area contributed by atoms with Gasteiger partial charge in [0.15, 0.2) is 0 Å². The molecule has 6 rings (SSSR count). The Labute approximate surface area is 249 Å². The topological polar surface area (TPSA) is 114 Å². The maximum atomic E-state index is 12.7. The standard InChI is InChI=1S/C33H33N7O3/c1-23(26-13-8-18-39(20-26)33(42)43-21-24-9-4-2-5-10-24)36-32-34-17-16-30(38-32)40-22-35-28-19-27(14-15-29(28)40)37-31(41)25-11-6-3-7-12-25/h2-7,9-12,14-17,19,22-23,26H,8,13,18,20-21H2,1H3,(H,37,41)(H,34,36,38). The molecule has 10 heteroatoms. The van der Waals surface area contributed by atoms with E-state index in [-0.39, 0.29) is 30.6 Å². The average Bonchev–Trinajstić information content (AvgIpc) is 3.48. The number of aromatic nitrogens is 4. The molecule has 43 heavy (non-hydrogen) atoms. The number of nitrogens with one attached hydrogen (secondary N) is 2. The third kappa shape index (κ3) is 6.64. The van der Waals surface area contributed by atoms with Crippen molar-refractivity contribution in [2.75, 3.05) is 23.7 Å². The van der Waals surface area contributed by atoms with Crippen LogP contribution in [-0.4, -0.2) is 55.6 Å². The number of anilines is 2. The maximum Gasteiger partial charge on any atom is 0.410 e. The van der Waals surface area contributed by atoms with Gasteiger partial charge in [-0.25, -0.2) is 14.8 Å². The molecule has 2 amide bonds. The second kappa shape index (κ2) is 12.7. The number of ether oxygens (including phenoxy) is 1. The molecule has 2 atom stereocenters. The van der Waals surface area contributed by atoms with Crippen molar-refractivity contribution in [2.24, 2.45) is 5.92 Å². The van der Waals surface area contributed by atoms with E-state index in [9.17, 15) is 9.59 Å². The molecule has 3 aromatic carbocycles. The number of imidazole rings is 1. The number of rotatable bonds is 8. The predicted molar refractivity (Wildman–Crippen MR) is 165 cm³/mol. The number of fused-ring (bicyclic) bond motifs is 1. The number of likely N-dealkylation sites (tertiary alicyclic amines) is 1. The third-order valence-corrected chi connectivity index (χ3v) is 7.71. The maximum absolute atomic E-state index is 12.7. The fraction of sp³-hybridized carbons (Fsp3) is 0.242. The number of amides is 2. The van der Waals surface area contributed by atoms with Crippen LogP contribution in [0.1, 0.15) is 35.7 Å². The number of nitrogens with zero attached hydrogens (tertiary/aromatic N) is 5. The summed E-state index contributed by atoms with van der Waals surface area (Å²) in [5.74, 6) is 1.22. The lowest BCUT2D eigenvalue weighted by molar-refractivity contribution is 0.0773. The van der Waals surface area contributed by atoms with E-state index in [0.29, 0.717) is 36.1 Å². The van der Waals surface area contributed by atoms with Crippen LogP contribution in [0.25, 0.3) is 16.9 Å². The van der Waals surface area contributed by atoms with Crippen molar-refractivity contribution in [3.8, 4) is 5.82 Å². The Morgan fingerprint density at radius 3 is 2.60 bits per heavy atom. The Hall–Kier alpha value is -5.25. The number of hydrogen-bond acceptors (Lipinski definition) is 7. The van der Waals surface area contributed by atoms with E-state index in [0.717, 1.165) is 29.4 Å². The van der Waals surface area contributed by atoms with E-state index in [1.807, 2.05) is 77.4 Å². The number of carbonyl (C=O) groups is 2. The van der Waals surface area contributed by atoms with Crippen molar-refractivity contribution in [1.29, 1.82) is 0 Å². The number of hydrogen-bond donors (Lipinski definition) is 2. The fourth-order valence-corrected chi connectivity index (χ4v) is 5.33. The van der Waals surface area contributed by atoms with Crippen LogP contribution in [0.2, 0.25) is 0 Å². The first-order valence-electron chi connectivity index (χ1n) is 14.4. The van der Waals surface area contributed by atoms with E-state index >= 15 is 0 Å². The minimum absolute atomic E-state index is 0.0373. The van der Waals surface area contributed by atoms with Gasteiger partial charge in [0.1, 0.15) is 18.8 Å². The van der Waals surface area contributed by atoms with E-state index < -0.39 is 0 Å². The molecule has 2 unspecified atom stereocenters. The van der Waals surface area contributed by atoms with E-state index in [4.69, 9.17) is 9.72 Å². The molecule has 5 aromatic rings. The summed E-state index contributed by atoms with van der Waals surface area (Å²) in [4.78, 5) is 40.8. The first-order valence-corrected chi connectivity index (χ1v) is 14.4. The van der Waals surface area contributed by atoms with Crippen molar-refractivity contribution in [2.45, 2.75) is 32.4 Å². The van der Waals surface area contributed by atoms with Crippen LogP contribution in [0.3, 0.4) is 0 Å². The quantitative estimate of drug-likeness (QED) is 0.236. The zero-order chi connectivity index (χ0) is 29.6. The highest BCUT2D eigenvalue weighted by atomic mass is 16.6. The predicted octanol–water partition coefficient (Wildman–Crippen LogP) is 5.92. The normalized spacial score (nSPS) is 15.6. The van der Waals surface area contributed by atoms with Crippen LogP contribution >= 0.6 is 0 Å². The first kappa shape index (κ1) is 27.9. The van der Waals surface area contributed by atoms with E-state index in [1.54, 1.807) is 29.6 Å². The van der Waals surface area contributed by atoms with Gasteiger partial charge < -0.3 is 20.3 Å². The van der Waals surface area contributed by atoms with Gasteiger partial charge in [-0.3, -0.25) is 9.36 Å². The van der Waals surface area contributed by atoms with Crippen molar-refractivity contribution in [3.05, 3.63) is 109 Å². The van der Waals surface area contributed by atoms with Crippen molar-refractivity contribution in [1.82, 2.24) is 24.4 Å². The fourth-order valence-electron chi connectivity index (χ4n) is 5.33. The molecule has 1 fully saturated rings.